The van der Waals surface area contributed by atoms with Crippen molar-refractivity contribution in [1.82, 2.24) is 4.90 Å². The van der Waals surface area contributed by atoms with Gasteiger partial charge in [0, 0.05) is 19.6 Å². The number of rotatable bonds is 5. The highest BCUT2D eigenvalue weighted by Crippen LogP contribution is 2.36. The lowest BCUT2D eigenvalue weighted by atomic mass is 9.80. The number of likely N-dealkylation sites (tertiary alicyclic amines) is 1. The van der Waals surface area contributed by atoms with Gasteiger partial charge in [-0.1, -0.05) is 48.0 Å². The number of carboxylic acid groups (broad SMARTS) is 1. The first-order chi connectivity index (χ1) is 11.5. The molecule has 1 saturated heterocycles. The van der Waals surface area contributed by atoms with Crippen molar-refractivity contribution in [3.05, 3.63) is 64.7 Å². The summed E-state index contributed by atoms with van der Waals surface area (Å²) < 4.78 is 5.25. The van der Waals surface area contributed by atoms with Crippen LogP contribution in [0, 0.1) is 0 Å². The van der Waals surface area contributed by atoms with Gasteiger partial charge in [-0.3, -0.25) is 9.69 Å². The molecule has 126 valence electrons. The topological polar surface area (TPSA) is 49.8 Å². The zero-order chi connectivity index (χ0) is 17.2. The van der Waals surface area contributed by atoms with Crippen molar-refractivity contribution >= 4 is 17.6 Å². The van der Waals surface area contributed by atoms with Crippen molar-refractivity contribution in [3.63, 3.8) is 0 Å². The summed E-state index contributed by atoms with van der Waals surface area (Å²) in [5.74, 6) is -0.120. The molecule has 5 heteroatoms. The fraction of sp³-hybridized carbons (Fsp3) is 0.316. The number of ether oxygens (including phenoxy) is 1. The largest absolute Gasteiger partial charge is 0.495 e. The van der Waals surface area contributed by atoms with Crippen molar-refractivity contribution in [2.75, 3.05) is 20.2 Å². The standard InChI is InChI=1S/C19H20ClNO3/c1-24-17-11-14(7-8-16(17)20)12-21-10-9-19(13-21,18(22)23)15-5-3-2-4-6-15/h2-8,11H,9-10,12-13H2,1H3,(H,22,23). The molecule has 3 rings (SSSR count). The van der Waals surface area contributed by atoms with Gasteiger partial charge in [0.15, 0.2) is 0 Å². The van der Waals surface area contributed by atoms with Gasteiger partial charge in [0.1, 0.15) is 11.2 Å². The minimum atomic E-state index is -0.836. The summed E-state index contributed by atoms with van der Waals surface area (Å²) in [6.45, 7) is 1.92. The van der Waals surface area contributed by atoms with E-state index in [0.717, 1.165) is 17.7 Å². The van der Waals surface area contributed by atoms with Crippen LogP contribution in [0.3, 0.4) is 0 Å². The van der Waals surface area contributed by atoms with Crippen LogP contribution in [0.4, 0.5) is 0 Å². The van der Waals surface area contributed by atoms with Crippen molar-refractivity contribution in [2.24, 2.45) is 0 Å². The molecule has 1 aliphatic heterocycles. The first-order valence-electron chi connectivity index (χ1n) is 7.89. The number of nitrogens with zero attached hydrogens (tertiary/aromatic N) is 1. The van der Waals surface area contributed by atoms with Crippen LogP contribution in [-0.2, 0) is 16.8 Å². The molecule has 1 aliphatic rings. The third-order valence-corrected chi connectivity index (χ3v) is 5.02. The minimum absolute atomic E-state index is 0.497. The van der Waals surface area contributed by atoms with E-state index in [-0.39, 0.29) is 0 Å². The van der Waals surface area contributed by atoms with Crippen LogP contribution >= 0.6 is 11.6 Å². The molecule has 1 atom stereocenters. The second-order valence-corrected chi connectivity index (χ2v) is 6.59. The molecule has 0 amide bonds. The maximum Gasteiger partial charge on any atom is 0.315 e. The lowest BCUT2D eigenvalue weighted by molar-refractivity contribution is -0.143. The Hall–Kier alpha value is -2.04. The van der Waals surface area contributed by atoms with Crippen molar-refractivity contribution < 1.29 is 14.6 Å². The minimum Gasteiger partial charge on any atom is -0.495 e. The number of carboxylic acids is 1. The predicted molar refractivity (Wildman–Crippen MR) is 93.7 cm³/mol. The van der Waals surface area contributed by atoms with E-state index in [4.69, 9.17) is 16.3 Å². The van der Waals surface area contributed by atoms with Crippen LogP contribution in [0.25, 0.3) is 0 Å². The van der Waals surface area contributed by atoms with Gasteiger partial charge in [0.05, 0.1) is 12.1 Å². The van der Waals surface area contributed by atoms with Gasteiger partial charge in [-0.05, 0) is 29.7 Å². The predicted octanol–water partition coefficient (Wildman–Crippen LogP) is 3.58. The molecule has 4 nitrogen and oxygen atoms in total. The third-order valence-electron chi connectivity index (χ3n) is 4.71. The lowest BCUT2D eigenvalue weighted by Gasteiger charge is -2.25. The molecule has 1 unspecified atom stereocenters. The normalized spacial score (nSPS) is 20.9. The number of halogens is 1. The monoisotopic (exact) mass is 345 g/mol. The molecule has 0 spiro atoms. The molecule has 0 bridgehead atoms. The highest BCUT2D eigenvalue weighted by molar-refractivity contribution is 6.32. The molecule has 2 aromatic rings. The molecule has 0 saturated carbocycles. The Balaban J connectivity index is 1.80. The molecular formula is C19H20ClNO3. The Morgan fingerprint density at radius 1 is 1.29 bits per heavy atom. The zero-order valence-electron chi connectivity index (χ0n) is 13.5. The second-order valence-electron chi connectivity index (χ2n) is 6.18. The summed E-state index contributed by atoms with van der Waals surface area (Å²) in [6, 6.07) is 15.2. The average molecular weight is 346 g/mol. The van der Waals surface area contributed by atoms with E-state index in [2.05, 4.69) is 4.90 Å². The molecule has 2 aromatic carbocycles. The van der Waals surface area contributed by atoms with E-state index in [9.17, 15) is 9.90 Å². The fourth-order valence-electron chi connectivity index (χ4n) is 3.38. The SMILES string of the molecule is COc1cc(CN2CCC(C(=O)O)(c3ccccc3)C2)ccc1Cl. The van der Waals surface area contributed by atoms with Crippen LogP contribution in [0.5, 0.6) is 5.75 Å². The summed E-state index contributed by atoms with van der Waals surface area (Å²) in [6.07, 6.45) is 0.608. The molecule has 1 fully saturated rings. The van der Waals surface area contributed by atoms with E-state index in [1.807, 2.05) is 48.5 Å². The number of hydrogen-bond donors (Lipinski definition) is 1. The van der Waals surface area contributed by atoms with E-state index in [1.165, 1.54) is 0 Å². The number of methoxy groups -OCH3 is 1. The molecule has 1 heterocycles. The molecule has 24 heavy (non-hydrogen) atoms. The van der Waals surface area contributed by atoms with Gasteiger partial charge in [-0.25, -0.2) is 0 Å². The van der Waals surface area contributed by atoms with E-state index >= 15 is 0 Å². The van der Waals surface area contributed by atoms with Gasteiger partial charge in [-0.15, -0.1) is 0 Å². The van der Waals surface area contributed by atoms with Crippen molar-refractivity contribution in [3.8, 4) is 5.75 Å². The Labute approximate surface area is 146 Å². The number of hydrogen-bond acceptors (Lipinski definition) is 3. The third kappa shape index (κ3) is 3.12. The van der Waals surface area contributed by atoms with Crippen molar-refractivity contribution in [1.29, 1.82) is 0 Å². The summed E-state index contributed by atoms with van der Waals surface area (Å²) in [4.78, 5) is 14.2. The van der Waals surface area contributed by atoms with Crippen LogP contribution in [0.15, 0.2) is 48.5 Å². The van der Waals surface area contributed by atoms with Crippen LogP contribution in [0.1, 0.15) is 17.5 Å². The maximum atomic E-state index is 12.0. The van der Waals surface area contributed by atoms with Gasteiger partial charge < -0.3 is 9.84 Å². The molecule has 0 aromatic heterocycles. The lowest BCUT2D eigenvalue weighted by Crippen LogP contribution is -2.38. The Kier molecular flexibility index (Phi) is 4.78. The fourth-order valence-corrected chi connectivity index (χ4v) is 3.57. The first kappa shape index (κ1) is 16.8. The average Bonchev–Trinajstić information content (AvgIpc) is 3.03. The quantitative estimate of drug-likeness (QED) is 0.900. The van der Waals surface area contributed by atoms with Gasteiger partial charge >= 0.3 is 5.97 Å². The van der Waals surface area contributed by atoms with Crippen LogP contribution < -0.4 is 4.74 Å². The van der Waals surface area contributed by atoms with Crippen LogP contribution in [-0.4, -0.2) is 36.2 Å². The molecular weight excluding hydrogens is 326 g/mol. The molecule has 1 N–H and O–H groups in total. The summed E-state index contributed by atoms with van der Waals surface area (Å²) in [5, 5.41) is 10.4. The van der Waals surface area contributed by atoms with Gasteiger partial charge in [0.25, 0.3) is 0 Å². The van der Waals surface area contributed by atoms with Crippen LogP contribution in [0.2, 0.25) is 5.02 Å². The number of benzene rings is 2. The maximum absolute atomic E-state index is 12.0. The Bertz CT molecular complexity index is 735. The molecule has 0 radical (unpaired) electrons. The summed E-state index contributed by atoms with van der Waals surface area (Å²) in [5.41, 5.74) is 1.09. The molecule has 0 aliphatic carbocycles. The summed E-state index contributed by atoms with van der Waals surface area (Å²) >= 11 is 6.06. The first-order valence-corrected chi connectivity index (χ1v) is 8.27. The van der Waals surface area contributed by atoms with Gasteiger partial charge in [0.2, 0.25) is 0 Å². The number of aliphatic carboxylic acids is 1. The summed E-state index contributed by atoms with van der Waals surface area (Å²) in [7, 11) is 1.59. The highest BCUT2D eigenvalue weighted by atomic mass is 35.5. The van der Waals surface area contributed by atoms with E-state index in [0.29, 0.717) is 30.3 Å². The Morgan fingerprint density at radius 2 is 2.04 bits per heavy atom. The smallest absolute Gasteiger partial charge is 0.315 e. The Morgan fingerprint density at radius 3 is 2.71 bits per heavy atom. The highest BCUT2D eigenvalue weighted by Gasteiger charge is 2.46. The zero-order valence-corrected chi connectivity index (χ0v) is 14.3. The second kappa shape index (κ2) is 6.83. The van der Waals surface area contributed by atoms with Crippen molar-refractivity contribution in [2.45, 2.75) is 18.4 Å². The van der Waals surface area contributed by atoms with E-state index < -0.39 is 11.4 Å². The van der Waals surface area contributed by atoms with Gasteiger partial charge in [-0.2, -0.15) is 0 Å². The van der Waals surface area contributed by atoms with E-state index in [1.54, 1.807) is 7.11 Å². The number of carbonyl (C=O) groups is 1.